The van der Waals surface area contributed by atoms with Gasteiger partial charge >= 0.3 is 12.2 Å². The largest absolute Gasteiger partial charge is 0.474 e. The van der Waals surface area contributed by atoms with Gasteiger partial charge in [0, 0.05) is 6.54 Å². The van der Waals surface area contributed by atoms with Crippen LogP contribution in [0.25, 0.3) is 0 Å². The summed E-state index contributed by atoms with van der Waals surface area (Å²) in [6.45, 7) is 12.7. The van der Waals surface area contributed by atoms with Gasteiger partial charge in [0.25, 0.3) is 0 Å². The monoisotopic (exact) mass is 407 g/mol. The predicted molar refractivity (Wildman–Crippen MR) is 107 cm³/mol. The highest BCUT2D eigenvalue weighted by Gasteiger charge is 2.36. The Morgan fingerprint density at radius 1 is 1.07 bits per heavy atom. The van der Waals surface area contributed by atoms with Crippen LogP contribution >= 0.6 is 0 Å². The third-order valence-electron chi connectivity index (χ3n) is 4.16. The molecular weight excluding hydrogens is 378 g/mol. The predicted octanol–water partition coefficient (Wildman–Crippen LogP) is 3.36. The Morgan fingerprint density at radius 2 is 1.69 bits per heavy atom. The van der Waals surface area contributed by atoms with Crippen molar-refractivity contribution in [1.29, 1.82) is 0 Å². The average Bonchev–Trinajstić information content (AvgIpc) is 2.58. The molecule has 1 fully saturated rings. The number of hydrogen-bond donors (Lipinski definition) is 0. The van der Waals surface area contributed by atoms with Crippen molar-refractivity contribution in [3.63, 3.8) is 0 Å². The van der Waals surface area contributed by atoms with Crippen molar-refractivity contribution in [3.05, 3.63) is 12.1 Å². The first-order valence-corrected chi connectivity index (χ1v) is 9.69. The van der Waals surface area contributed by atoms with E-state index in [1.54, 1.807) is 53.7 Å². The molecule has 2 amide bonds. The number of ether oxygens (including phenoxy) is 4. The number of morpholine rings is 1. The first kappa shape index (κ1) is 21.2. The van der Waals surface area contributed by atoms with Crippen LogP contribution in [0.5, 0.6) is 5.88 Å². The minimum atomic E-state index is -0.862. The van der Waals surface area contributed by atoms with Gasteiger partial charge in [0.15, 0.2) is 5.82 Å². The molecule has 29 heavy (non-hydrogen) atoms. The summed E-state index contributed by atoms with van der Waals surface area (Å²) in [5.74, 6) is 0.441. The van der Waals surface area contributed by atoms with E-state index in [2.05, 4.69) is 9.88 Å². The maximum absolute atomic E-state index is 12.8. The molecule has 1 aromatic rings. The topological polar surface area (TPSA) is 90.4 Å². The molecule has 9 nitrogen and oxygen atoms in total. The highest BCUT2D eigenvalue weighted by molar-refractivity contribution is 6.08. The van der Waals surface area contributed by atoms with Gasteiger partial charge < -0.3 is 23.8 Å². The summed E-state index contributed by atoms with van der Waals surface area (Å²) in [5.41, 5.74) is -0.770. The lowest BCUT2D eigenvalue weighted by Gasteiger charge is -2.40. The number of carbonyl (C=O) groups is 2. The molecule has 3 rings (SSSR count). The number of aromatic nitrogens is 1. The standard InChI is InChI=1S/C20H29N3O6/c1-19(2,3)28-17(24)23(18(25)29-20(4,5)6)15-8-7-14-16(21-15)27-12-13-11-26-10-9-22(13)14/h7-8,13H,9-12H2,1-6H3/t13-/m0/s1. The number of hydrogen-bond acceptors (Lipinski definition) is 8. The molecule has 0 unspecified atom stereocenters. The lowest BCUT2D eigenvalue weighted by Crippen LogP contribution is -2.51. The fourth-order valence-electron chi connectivity index (χ4n) is 3.03. The number of carbonyl (C=O) groups excluding carboxylic acids is 2. The van der Waals surface area contributed by atoms with Crippen LogP contribution < -0.4 is 14.5 Å². The summed E-state index contributed by atoms with van der Waals surface area (Å²) < 4.78 is 22.1. The summed E-state index contributed by atoms with van der Waals surface area (Å²) in [5, 5.41) is 0. The number of anilines is 2. The lowest BCUT2D eigenvalue weighted by molar-refractivity contribution is 0.0428. The summed E-state index contributed by atoms with van der Waals surface area (Å²) in [7, 11) is 0. The number of nitrogens with zero attached hydrogens (tertiary/aromatic N) is 3. The second-order valence-electron chi connectivity index (χ2n) is 9.02. The Labute approximate surface area is 170 Å². The summed E-state index contributed by atoms with van der Waals surface area (Å²) in [6, 6.07) is 3.50. The number of fused-ring (bicyclic) bond motifs is 3. The molecule has 1 atom stereocenters. The Kier molecular flexibility index (Phi) is 5.62. The molecule has 2 aliphatic heterocycles. The van der Waals surface area contributed by atoms with Crippen LogP contribution in [0.3, 0.4) is 0 Å². The van der Waals surface area contributed by atoms with E-state index in [1.165, 1.54) is 0 Å². The second-order valence-corrected chi connectivity index (χ2v) is 9.02. The van der Waals surface area contributed by atoms with E-state index < -0.39 is 23.4 Å². The Balaban J connectivity index is 1.93. The van der Waals surface area contributed by atoms with Gasteiger partial charge in [-0.15, -0.1) is 0 Å². The highest BCUT2D eigenvalue weighted by atomic mass is 16.6. The first-order valence-electron chi connectivity index (χ1n) is 9.69. The smallest absolute Gasteiger partial charge is 0.425 e. The molecule has 0 aromatic carbocycles. The van der Waals surface area contributed by atoms with Gasteiger partial charge in [0.05, 0.1) is 19.3 Å². The van der Waals surface area contributed by atoms with Crippen LogP contribution in [-0.4, -0.2) is 60.8 Å². The van der Waals surface area contributed by atoms with Crippen LogP contribution in [-0.2, 0) is 14.2 Å². The lowest BCUT2D eigenvalue weighted by atomic mass is 10.2. The van der Waals surface area contributed by atoms with Crippen molar-refractivity contribution in [3.8, 4) is 5.88 Å². The number of imide groups is 1. The molecule has 1 saturated heterocycles. The molecule has 0 aliphatic carbocycles. The van der Waals surface area contributed by atoms with Gasteiger partial charge in [0.1, 0.15) is 23.5 Å². The summed E-state index contributed by atoms with van der Waals surface area (Å²) in [6.07, 6.45) is -1.72. The second kappa shape index (κ2) is 7.70. The molecule has 9 heteroatoms. The van der Waals surface area contributed by atoms with Gasteiger partial charge in [-0.3, -0.25) is 0 Å². The zero-order chi connectivity index (χ0) is 21.4. The van der Waals surface area contributed by atoms with E-state index in [1.807, 2.05) is 0 Å². The van der Waals surface area contributed by atoms with Crippen LogP contribution in [0.2, 0.25) is 0 Å². The third kappa shape index (κ3) is 5.09. The molecule has 3 heterocycles. The van der Waals surface area contributed by atoms with Crippen molar-refractivity contribution in [2.75, 3.05) is 36.2 Å². The number of amides is 2. The molecule has 160 valence electrons. The molecule has 0 radical (unpaired) electrons. The molecule has 2 aliphatic rings. The Bertz CT molecular complexity index is 755. The van der Waals surface area contributed by atoms with Crippen molar-refractivity contribution in [2.45, 2.75) is 58.8 Å². The molecule has 0 saturated carbocycles. The minimum absolute atomic E-state index is 0.0824. The zero-order valence-electron chi connectivity index (χ0n) is 17.9. The molecule has 1 aromatic heterocycles. The fraction of sp³-hybridized carbons (Fsp3) is 0.650. The molecular formula is C20H29N3O6. The van der Waals surface area contributed by atoms with E-state index in [0.29, 0.717) is 25.7 Å². The van der Waals surface area contributed by atoms with Gasteiger partial charge in [-0.25, -0.2) is 9.59 Å². The summed E-state index contributed by atoms with van der Waals surface area (Å²) >= 11 is 0. The normalized spacial score (nSPS) is 18.8. The number of rotatable bonds is 1. The van der Waals surface area contributed by atoms with Gasteiger partial charge in [-0.05, 0) is 53.7 Å². The van der Waals surface area contributed by atoms with E-state index in [4.69, 9.17) is 18.9 Å². The highest BCUT2D eigenvalue weighted by Crippen LogP contribution is 2.35. The van der Waals surface area contributed by atoms with Gasteiger partial charge in [-0.1, -0.05) is 0 Å². The van der Waals surface area contributed by atoms with Gasteiger partial charge in [0.2, 0.25) is 5.88 Å². The van der Waals surface area contributed by atoms with Crippen LogP contribution in [0.4, 0.5) is 21.1 Å². The zero-order valence-corrected chi connectivity index (χ0v) is 17.9. The maximum atomic E-state index is 12.8. The Hall–Kier alpha value is -2.55. The van der Waals surface area contributed by atoms with E-state index in [0.717, 1.165) is 17.1 Å². The van der Waals surface area contributed by atoms with E-state index in [9.17, 15) is 9.59 Å². The number of pyridine rings is 1. The minimum Gasteiger partial charge on any atom is -0.474 e. The SMILES string of the molecule is CC(C)(C)OC(=O)N(C(=O)OC(C)(C)C)c1ccc2c(n1)OC[C@@H]1COCCN21. The first-order chi connectivity index (χ1) is 13.4. The van der Waals surface area contributed by atoms with Crippen molar-refractivity contribution in [1.82, 2.24) is 4.98 Å². The summed E-state index contributed by atoms with van der Waals surface area (Å²) in [4.78, 5) is 33.0. The van der Waals surface area contributed by atoms with Crippen LogP contribution in [0, 0.1) is 0 Å². The maximum Gasteiger partial charge on any atom is 0.425 e. The van der Waals surface area contributed by atoms with Crippen molar-refractivity contribution < 1.29 is 28.5 Å². The van der Waals surface area contributed by atoms with Crippen molar-refractivity contribution in [2.24, 2.45) is 0 Å². The van der Waals surface area contributed by atoms with E-state index >= 15 is 0 Å². The van der Waals surface area contributed by atoms with Gasteiger partial charge in [-0.2, -0.15) is 9.88 Å². The molecule has 0 bridgehead atoms. The molecule has 0 spiro atoms. The molecule has 0 N–H and O–H groups in total. The van der Waals surface area contributed by atoms with Crippen LogP contribution in [0.1, 0.15) is 41.5 Å². The third-order valence-corrected chi connectivity index (χ3v) is 4.16. The average molecular weight is 407 g/mol. The van der Waals surface area contributed by atoms with E-state index in [-0.39, 0.29) is 11.9 Å². The van der Waals surface area contributed by atoms with Crippen LogP contribution in [0.15, 0.2) is 12.1 Å². The van der Waals surface area contributed by atoms with Crippen molar-refractivity contribution >= 4 is 23.7 Å². The quantitative estimate of drug-likeness (QED) is 0.700. The fourth-order valence-corrected chi connectivity index (χ4v) is 3.03. The Morgan fingerprint density at radius 3 is 2.28 bits per heavy atom.